The monoisotopic (exact) mass is 336 g/mol. The smallest absolute Gasteiger partial charge is 0.327 e. The molecule has 136 valence electrons. The SMILES string of the molecule is C=CC(=O)O.CCCCCCCCCC(O)(CO)c1ccccc1. The van der Waals surface area contributed by atoms with Gasteiger partial charge >= 0.3 is 5.97 Å². The molecule has 4 nitrogen and oxygen atoms in total. The molecule has 0 aliphatic carbocycles. The molecule has 0 aromatic heterocycles. The number of aliphatic hydroxyl groups excluding tert-OH is 1. The molecule has 1 aromatic rings. The molecule has 0 spiro atoms. The first kappa shape index (κ1) is 22.4. The second-order valence-electron chi connectivity index (χ2n) is 5.97. The summed E-state index contributed by atoms with van der Waals surface area (Å²) in [5, 5.41) is 27.5. The molecule has 0 saturated heterocycles. The predicted molar refractivity (Wildman–Crippen MR) is 97.9 cm³/mol. The number of aliphatic hydroxyl groups is 2. The Labute approximate surface area is 145 Å². The lowest BCUT2D eigenvalue weighted by Crippen LogP contribution is -2.30. The summed E-state index contributed by atoms with van der Waals surface area (Å²) in [6, 6.07) is 9.51. The van der Waals surface area contributed by atoms with Crippen molar-refractivity contribution < 1.29 is 20.1 Å². The largest absolute Gasteiger partial charge is 0.478 e. The number of aliphatic carboxylic acids is 1. The zero-order valence-corrected chi connectivity index (χ0v) is 14.8. The fourth-order valence-electron chi connectivity index (χ4n) is 2.44. The Morgan fingerprint density at radius 1 is 1.08 bits per heavy atom. The first-order valence-corrected chi connectivity index (χ1v) is 8.74. The molecule has 0 radical (unpaired) electrons. The summed E-state index contributed by atoms with van der Waals surface area (Å²) in [4.78, 5) is 9.25. The lowest BCUT2D eigenvalue weighted by Gasteiger charge is -2.26. The standard InChI is InChI=1S/C17H28O2.C3H4O2/c1-2-3-4-5-6-7-11-14-17(19,15-18)16-12-9-8-10-13-16;1-2-3(4)5/h8-10,12-13,18-19H,2-7,11,14-15H2,1H3;2H,1H2,(H,4,5). The molecule has 1 unspecified atom stereocenters. The summed E-state index contributed by atoms with van der Waals surface area (Å²) in [6.45, 7) is 4.98. The molecule has 3 N–H and O–H groups in total. The average Bonchev–Trinajstić information content (AvgIpc) is 2.62. The normalized spacial score (nSPS) is 12.6. The summed E-state index contributed by atoms with van der Waals surface area (Å²) in [5.74, 6) is -0.981. The summed E-state index contributed by atoms with van der Waals surface area (Å²) < 4.78 is 0. The molecule has 1 rings (SSSR count). The van der Waals surface area contributed by atoms with Crippen molar-refractivity contribution in [2.24, 2.45) is 0 Å². The predicted octanol–water partition coefficient (Wildman–Crippen LogP) is 4.26. The highest BCUT2D eigenvalue weighted by atomic mass is 16.4. The number of hydrogen-bond acceptors (Lipinski definition) is 3. The number of benzene rings is 1. The van der Waals surface area contributed by atoms with Crippen LogP contribution in [0.4, 0.5) is 0 Å². The fourth-order valence-corrected chi connectivity index (χ4v) is 2.44. The lowest BCUT2D eigenvalue weighted by molar-refractivity contribution is -0.131. The van der Waals surface area contributed by atoms with Crippen LogP contribution < -0.4 is 0 Å². The zero-order valence-electron chi connectivity index (χ0n) is 14.8. The van der Waals surface area contributed by atoms with Crippen molar-refractivity contribution in [2.75, 3.05) is 6.61 Å². The summed E-state index contributed by atoms with van der Waals surface area (Å²) in [6.07, 6.45) is 10.0. The average molecular weight is 336 g/mol. The van der Waals surface area contributed by atoms with Gasteiger partial charge in [0.2, 0.25) is 0 Å². The molecule has 0 fully saturated rings. The van der Waals surface area contributed by atoms with Crippen LogP contribution in [-0.2, 0) is 10.4 Å². The van der Waals surface area contributed by atoms with Gasteiger partial charge in [-0.1, -0.05) is 88.8 Å². The molecular formula is C20H32O4. The van der Waals surface area contributed by atoms with E-state index in [2.05, 4.69) is 13.5 Å². The first-order valence-electron chi connectivity index (χ1n) is 8.74. The number of carboxylic acid groups (broad SMARTS) is 1. The van der Waals surface area contributed by atoms with E-state index in [1.54, 1.807) is 0 Å². The zero-order chi connectivity index (χ0) is 18.3. The van der Waals surface area contributed by atoms with E-state index in [4.69, 9.17) is 5.11 Å². The van der Waals surface area contributed by atoms with Crippen molar-refractivity contribution in [3.8, 4) is 0 Å². The highest BCUT2D eigenvalue weighted by molar-refractivity contribution is 5.78. The van der Waals surface area contributed by atoms with Gasteiger partial charge in [0.1, 0.15) is 5.60 Å². The Hall–Kier alpha value is -1.65. The van der Waals surface area contributed by atoms with Gasteiger partial charge in [0.25, 0.3) is 0 Å². The minimum Gasteiger partial charge on any atom is -0.478 e. The minimum absolute atomic E-state index is 0.202. The maximum atomic E-state index is 10.5. The van der Waals surface area contributed by atoms with Crippen LogP contribution in [0.5, 0.6) is 0 Å². The van der Waals surface area contributed by atoms with Crippen LogP contribution in [0, 0.1) is 0 Å². The lowest BCUT2D eigenvalue weighted by atomic mass is 9.89. The molecule has 24 heavy (non-hydrogen) atoms. The van der Waals surface area contributed by atoms with Crippen molar-refractivity contribution >= 4 is 5.97 Å². The van der Waals surface area contributed by atoms with Crippen LogP contribution in [0.1, 0.15) is 63.9 Å². The van der Waals surface area contributed by atoms with Gasteiger partial charge < -0.3 is 15.3 Å². The third-order valence-corrected chi connectivity index (χ3v) is 3.94. The van der Waals surface area contributed by atoms with E-state index in [1.165, 1.54) is 32.1 Å². The summed E-state index contributed by atoms with van der Waals surface area (Å²) in [7, 11) is 0. The molecule has 0 heterocycles. The van der Waals surface area contributed by atoms with Gasteiger partial charge in [-0.25, -0.2) is 4.79 Å². The van der Waals surface area contributed by atoms with Crippen molar-refractivity contribution in [1.29, 1.82) is 0 Å². The number of unbranched alkanes of at least 4 members (excludes halogenated alkanes) is 6. The van der Waals surface area contributed by atoms with E-state index in [-0.39, 0.29) is 6.61 Å². The minimum atomic E-state index is -1.06. The maximum Gasteiger partial charge on any atom is 0.327 e. The van der Waals surface area contributed by atoms with E-state index in [0.717, 1.165) is 24.5 Å². The highest BCUT2D eigenvalue weighted by Gasteiger charge is 2.27. The van der Waals surface area contributed by atoms with Crippen LogP contribution in [0.25, 0.3) is 0 Å². The number of carbonyl (C=O) groups is 1. The number of carboxylic acids is 1. The van der Waals surface area contributed by atoms with E-state index >= 15 is 0 Å². The third kappa shape index (κ3) is 10.2. The van der Waals surface area contributed by atoms with Crippen LogP contribution in [0.3, 0.4) is 0 Å². The topological polar surface area (TPSA) is 77.8 Å². The van der Waals surface area contributed by atoms with Crippen LogP contribution in [-0.4, -0.2) is 27.9 Å². The fraction of sp³-hybridized carbons (Fsp3) is 0.550. The van der Waals surface area contributed by atoms with Crippen LogP contribution >= 0.6 is 0 Å². The Morgan fingerprint density at radius 3 is 2.04 bits per heavy atom. The molecular weight excluding hydrogens is 304 g/mol. The van der Waals surface area contributed by atoms with Crippen LogP contribution in [0.15, 0.2) is 43.0 Å². The van der Waals surface area contributed by atoms with Crippen LogP contribution in [0.2, 0.25) is 0 Å². The van der Waals surface area contributed by atoms with Crippen molar-refractivity contribution in [1.82, 2.24) is 0 Å². The van der Waals surface area contributed by atoms with Crippen molar-refractivity contribution in [2.45, 2.75) is 63.9 Å². The molecule has 0 amide bonds. The second-order valence-corrected chi connectivity index (χ2v) is 5.97. The van der Waals surface area contributed by atoms with E-state index in [1.807, 2.05) is 30.3 Å². The van der Waals surface area contributed by atoms with Gasteiger partial charge in [-0.05, 0) is 12.0 Å². The van der Waals surface area contributed by atoms with E-state index in [0.29, 0.717) is 6.42 Å². The van der Waals surface area contributed by atoms with E-state index in [9.17, 15) is 15.0 Å². The Kier molecular flexibility index (Phi) is 12.8. The molecule has 1 aromatic carbocycles. The molecule has 4 heteroatoms. The molecule has 0 saturated carbocycles. The molecule has 1 atom stereocenters. The Balaban J connectivity index is 0.000000922. The Bertz CT molecular complexity index is 444. The van der Waals surface area contributed by atoms with Gasteiger partial charge in [0.15, 0.2) is 0 Å². The van der Waals surface area contributed by atoms with Gasteiger partial charge in [0.05, 0.1) is 6.61 Å². The quantitative estimate of drug-likeness (QED) is 0.417. The molecule has 0 bridgehead atoms. The second kappa shape index (κ2) is 13.8. The highest BCUT2D eigenvalue weighted by Crippen LogP contribution is 2.27. The third-order valence-electron chi connectivity index (χ3n) is 3.94. The van der Waals surface area contributed by atoms with E-state index < -0.39 is 11.6 Å². The Morgan fingerprint density at radius 2 is 1.58 bits per heavy atom. The number of hydrogen-bond donors (Lipinski definition) is 3. The first-order chi connectivity index (χ1) is 11.5. The van der Waals surface area contributed by atoms with Crippen molar-refractivity contribution in [3.05, 3.63) is 48.6 Å². The van der Waals surface area contributed by atoms with Gasteiger partial charge in [-0.3, -0.25) is 0 Å². The van der Waals surface area contributed by atoms with Gasteiger partial charge in [0, 0.05) is 6.08 Å². The van der Waals surface area contributed by atoms with Crippen molar-refractivity contribution in [3.63, 3.8) is 0 Å². The maximum absolute atomic E-state index is 10.5. The summed E-state index contributed by atoms with van der Waals surface area (Å²) >= 11 is 0. The van der Waals surface area contributed by atoms with Gasteiger partial charge in [-0.2, -0.15) is 0 Å². The number of rotatable bonds is 11. The molecule has 0 aliphatic heterocycles. The van der Waals surface area contributed by atoms with Gasteiger partial charge in [-0.15, -0.1) is 0 Å². The molecule has 0 aliphatic rings. The summed E-state index contributed by atoms with van der Waals surface area (Å²) in [5.41, 5.74) is -0.242.